The normalized spacial score (nSPS) is 17.3. The number of pyridine rings is 2. The summed E-state index contributed by atoms with van der Waals surface area (Å²) in [7, 11) is 1.61. The summed E-state index contributed by atoms with van der Waals surface area (Å²) in [6.45, 7) is 3.28. The molecule has 0 spiro atoms. The van der Waals surface area contributed by atoms with E-state index in [0.717, 1.165) is 5.69 Å². The molecule has 0 radical (unpaired) electrons. The number of hydrogen-bond donors (Lipinski definition) is 0. The molecule has 1 saturated heterocycles. The average molecular weight is 550 g/mol. The van der Waals surface area contributed by atoms with Gasteiger partial charge in [-0.25, -0.2) is 14.6 Å². The Morgan fingerprint density at radius 2 is 1.82 bits per heavy atom. The number of ether oxygens (including phenoxy) is 2. The Bertz CT molecular complexity index is 1470. The van der Waals surface area contributed by atoms with Gasteiger partial charge in [0.05, 0.1) is 18.0 Å². The second-order valence-electron chi connectivity index (χ2n) is 9.54. The molecule has 0 bridgehead atoms. The molecular weight excluding hydrogens is 520 g/mol. The van der Waals surface area contributed by atoms with E-state index < -0.39 is 18.0 Å². The predicted molar refractivity (Wildman–Crippen MR) is 141 cm³/mol. The van der Waals surface area contributed by atoms with E-state index in [2.05, 4.69) is 15.1 Å². The van der Waals surface area contributed by atoms with Gasteiger partial charge in [0.15, 0.2) is 0 Å². The molecule has 0 N–H and O–H groups in total. The Kier molecular flexibility index (Phi) is 8.54. The number of halogens is 2. The summed E-state index contributed by atoms with van der Waals surface area (Å²) in [5.74, 6) is -1.02. The standard InChI is InChI=1S/C29H29F2N5O4/c1-19-25(36(22-6-4-3-5-7-22)34-29(19)39-24-9-11-33-27(31)17-24)16-23(37)14-21-18-35(12-13-38-2)40-28(21)20-8-10-32-26(30)15-20/h3-11,15,17,21,28H,12-14,16,18H2,1-2H3/t21-,28+/m1/s1. The molecule has 0 saturated carbocycles. The molecule has 1 fully saturated rings. The first kappa shape index (κ1) is 27.5. The number of nitrogens with zero attached hydrogens (tertiary/aromatic N) is 5. The molecule has 0 amide bonds. The number of carbonyl (C=O) groups is 1. The van der Waals surface area contributed by atoms with Crippen molar-refractivity contribution >= 4 is 5.78 Å². The van der Waals surface area contributed by atoms with Gasteiger partial charge in [-0.15, -0.1) is 5.10 Å². The summed E-state index contributed by atoms with van der Waals surface area (Å²) < 4.78 is 40.3. The highest BCUT2D eigenvalue weighted by Crippen LogP contribution is 2.37. The van der Waals surface area contributed by atoms with Crippen LogP contribution in [0.5, 0.6) is 11.6 Å². The van der Waals surface area contributed by atoms with Crippen LogP contribution in [-0.2, 0) is 20.8 Å². The second kappa shape index (κ2) is 12.4. The minimum atomic E-state index is -0.671. The average Bonchev–Trinajstić information content (AvgIpc) is 3.48. The van der Waals surface area contributed by atoms with E-state index in [1.807, 2.05) is 37.3 Å². The smallest absolute Gasteiger partial charge is 0.241 e. The molecule has 3 aromatic heterocycles. The molecule has 2 atom stereocenters. The lowest BCUT2D eigenvalue weighted by Gasteiger charge is -2.17. The van der Waals surface area contributed by atoms with Gasteiger partial charge in [0.1, 0.15) is 17.6 Å². The fourth-order valence-corrected chi connectivity index (χ4v) is 4.79. The van der Waals surface area contributed by atoms with E-state index in [9.17, 15) is 13.6 Å². The number of ketones is 1. The lowest BCUT2D eigenvalue weighted by Crippen LogP contribution is -2.24. The molecule has 0 aliphatic carbocycles. The molecule has 9 nitrogen and oxygen atoms in total. The molecule has 5 rings (SSSR count). The van der Waals surface area contributed by atoms with Crippen LogP contribution in [-0.4, -0.2) is 57.4 Å². The van der Waals surface area contributed by atoms with Crippen molar-refractivity contribution in [2.24, 2.45) is 5.92 Å². The number of rotatable bonds is 11. The Morgan fingerprint density at radius 3 is 2.55 bits per heavy atom. The zero-order valence-corrected chi connectivity index (χ0v) is 22.2. The van der Waals surface area contributed by atoms with Gasteiger partial charge in [0.25, 0.3) is 0 Å². The molecule has 4 aromatic rings. The topological polar surface area (TPSA) is 91.6 Å². The first-order valence-electron chi connectivity index (χ1n) is 12.9. The first-order valence-corrected chi connectivity index (χ1v) is 12.9. The van der Waals surface area contributed by atoms with E-state index in [1.165, 1.54) is 30.6 Å². The highest BCUT2D eigenvalue weighted by molar-refractivity contribution is 5.81. The number of carbonyl (C=O) groups excluding carboxylic acids is 1. The van der Waals surface area contributed by atoms with Crippen molar-refractivity contribution in [3.63, 3.8) is 0 Å². The molecule has 208 valence electrons. The van der Waals surface area contributed by atoms with Crippen LogP contribution in [0, 0.1) is 24.7 Å². The molecule has 1 aliphatic rings. The number of benzene rings is 1. The number of para-hydroxylation sites is 1. The van der Waals surface area contributed by atoms with E-state index in [0.29, 0.717) is 36.5 Å². The molecule has 1 aromatic carbocycles. The zero-order chi connectivity index (χ0) is 28.1. The maximum absolute atomic E-state index is 13.9. The van der Waals surface area contributed by atoms with Gasteiger partial charge in [0.2, 0.25) is 17.8 Å². The van der Waals surface area contributed by atoms with Crippen LogP contribution in [0.25, 0.3) is 5.69 Å². The number of hydroxylamine groups is 2. The van der Waals surface area contributed by atoms with E-state index in [1.54, 1.807) is 22.9 Å². The Balaban J connectivity index is 1.40. The zero-order valence-electron chi connectivity index (χ0n) is 22.2. The lowest BCUT2D eigenvalue weighted by atomic mass is 9.91. The van der Waals surface area contributed by atoms with Crippen LogP contribution in [0.2, 0.25) is 0 Å². The van der Waals surface area contributed by atoms with E-state index in [4.69, 9.17) is 14.3 Å². The Labute approximate surface area is 230 Å². The van der Waals surface area contributed by atoms with Gasteiger partial charge in [-0.05, 0) is 42.8 Å². The predicted octanol–water partition coefficient (Wildman–Crippen LogP) is 4.79. The maximum atomic E-state index is 13.9. The van der Waals surface area contributed by atoms with Gasteiger partial charge < -0.3 is 9.47 Å². The monoisotopic (exact) mass is 549 g/mol. The Hall–Kier alpha value is -4.06. The third-order valence-electron chi connectivity index (χ3n) is 6.72. The van der Waals surface area contributed by atoms with Gasteiger partial charge in [0, 0.05) is 63.0 Å². The van der Waals surface area contributed by atoms with Crippen molar-refractivity contribution in [3.05, 3.63) is 95.7 Å². The van der Waals surface area contributed by atoms with Crippen LogP contribution in [0.3, 0.4) is 0 Å². The fourth-order valence-electron chi connectivity index (χ4n) is 4.79. The van der Waals surface area contributed by atoms with Crippen molar-refractivity contribution in [2.75, 3.05) is 26.8 Å². The molecule has 40 heavy (non-hydrogen) atoms. The van der Waals surface area contributed by atoms with E-state index in [-0.39, 0.29) is 36.2 Å². The number of Topliss-reactive ketones (excluding diaryl/α,β-unsaturated/α-hetero) is 1. The third-order valence-corrected chi connectivity index (χ3v) is 6.72. The summed E-state index contributed by atoms with van der Waals surface area (Å²) in [4.78, 5) is 26.8. The largest absolute Gasteiger partial charge is 0.437 e. The summed E-state index contributed by atoms with van der Waals surface area (Å²) in [5, 5.41) is 6.37. The van der Waals surface area contributed by atoms with Crippen molar-refractivity contribution in [2.45, 2.75) is 25.9 Å². The highest BCUT2D eigenvalue weighted by Gasteiger charge is 2.37. The van der Waals surface area contributed by atoms with Crippen LogP contribution in [0.15, 0.2) is 67.0 Å². The SMILES string of the molecule is COCCN1C[C@@H](CC(=O)Cc2c(C)c(Oc3ccnc(F)c3)nn2-c2ccccc2)[C@H](c2ccnc(F)c2)O1. The number of methoxy groups -OCH3 is 1. The molecule has 4 heterocycles. The van der Waals surface area contributed by atoms with E-state index >= 15 is 0 Å². The summed E-state index contributed by atoms with van der Waals surface area (Å²) in [6.07, 6.45) is 2.47. The van der Waals surface area contributed by atoms with Crippen LogP contribution in [0.4, 0.5) is 8.78 Å². The van der Waals surface area contributed by atoms with Gasteiger partial charge in [-0.1, -0.05) is 18.2 Å². The van der Waals surface area contributed by atoms with Crippen LogP contribution in [0.1, 0.15) is 29.3 Å². The molecule has 11 heteroatoms. The van der Waals surface area contributed by atoms with Crippen LogP contribution >= 0.6 is 0 Å². The minimum Gasteiger partial charge on any atom is -0.437 e. The maximum Gasteiger partial charge on any atom is 0.241 e. The lowest BCUT2D eigenvalue weighted by molar-refractivity contribution is -0.155. The van der Waals surface area contributed by atoms with Gasteiger partial charge in [-0.2, -0.15) is 13.8 Å². The Morgan fingerprint density at radius 1 is 1.07 bits per heavy atom. The quantitative estimate of drug-likeness (QED) is 0.247. The fraction of sp³-hybridized carbons (Fsp3) is 0.310. The summed E-state index contributed by atoms with van der Waals surface area (Å²) in [5.41, 5.74) is 2.69. The van der Waals surface area contributed by atoms with Crippen LogP contribution < -0.4 is 4.74 Å². The summed E-state index contributed by atoms with van der Waals surface area (Å²) >= 11 is 0. The van der Waals surface area contributed by atoms with Crippen molar-refractivity contribution in [3.8, 4) is 17.3 Å². The third kappa shape index (κ3) is 6.39. The van der Waals surface area contributed by atoms with Gasteiger partial charge in [-0.3, -0.25) is 9.63 Å². The minimum absolute atomic E-state index is 0.0385. The molecular formula is C29H29F2N5O4. The number of hydrogen-bond acceptors (Lipinski definition) is 8. The highest BCUT2D eigenvalue weighted by atomic mass is 19.1. The summed E-state index contributed by atoms with van der Waals surface area (Å²) in [6, 6.07) is 15.1. The molecule has 0 unspecified atom stereocenters. The van der Waals surface area contributed by atoms with Crippen molar-refractivity contribution in [1.82, 2.24) is 24.8 Å². The number of aromatic nitrogens is 4. The van der Waals surface area contributed by atoms with Crippen molar-refractivity contribution < 1.29 is 27.9 Å². The second-order valence-corrected chi connectivity index (χ2v) is 9.54. The molecule has 1 aliphatic heterocycles. The first-order chi connectivity index (χ1) is 19.4. The van der Waals surface area contributed by atoms with Gasteiger partial charge >= 0.3 is 0 Å². The van der Waals surface area contributed by atoms with Crippen molar-refractivity contribution in [1.29, 1.82) is 0 Å².